The maximum atomic E-state index is 13.4. The summed E-state index contributed by atoms with van der Waals surface area (Å²) in [5.41, 5.74) is 11.3. The highest BCUT2D eigenvalue weighted by Crippen LogP contribution is 2.35. The number of carbonyl (C=O) groups excluding carboxylic acids is 1. The van der Waals surface area contributed by atoms with Crippen molar-refractivity contribution in [2.75, 3.05) is 31.9 Å². The van der Waals surface area contributed by atoms with E-state index in [1.807, 2.05) is 24.4 Å². The number of rotatable bonds is 5. The van der Waals surface area contributed by atoms with E-state index in [1.54, 1.807) is 12.4 Å². The van der Waals surface area contributed by atoms with Gasteiger partial charge in [0.05, 0.1) is 23.3 Å². The van der Waals surface area contributed by atoms with Crippen molar-refractivity contribution in [3.05, 3.63) is 78.8 Å². The normalized spacial score (nSPS) is 17.9. The van der Waals surface area contributed by atoms with Gasteiger partial charge in [-0.3, -0.25) is 19.7 Å². The number of aromatic nitrogens is 3. The van der Waals surface area contributed by atoms with E-state index in [0.29, 0.717) is 11.9 Å². The van der Waals surface area contributed by atoms with Gasteiger partial charge in [0, 0.05) is 54.9 Å². The summed E-state index contributed by atoms with van der Waals surface area (Å²) < 4.78 is 2.46. The molecule has 0 bridgehead atoms. The van der Waals surface area contributed by atoms with E-state index < -0.39 is 0 Å². The first-order chi connectivity index (χ1) is 18.2. The lowest BCUT2D eigenvalue weighted by molar-refractivity contribution is -0.138. The van der Waals surface area contributed by atoms with Crippen LogP contribution in [0, 0.1) is 5.92 Å². The Hall–Kier alpha value is -3.71. The van der Waals surface area contributed by atoms with Gasteiger partial charge in [-0.15, -0.1) is 0 Å². The molecule has 2 aliphatic heterocycles. The summed E-state index contributed by atoms with van der Waals surface area (Å²) in [6, 6.07) is 19.3. The Bertz CT molecular complexity index is 1370. The second-order valence-corrected chi connectivity index (χ2v) is 10.4. The van der Waals surface area contributed by atoms with Crippen LogP contribution in [0.2, 0.25) is 0 Å². The molecule has 0 saturated carbocycles. The van der Waals surface area contributed by atoms with Crippen LogP contribution >= 0.6 is 0 Å². The molecule has 0 spiro atoms. The molecule has 1 amide bonds. The molecule has 4 aromatic rings. The number of fused-ring (bicyclic) bond motifs is 1. The van der Waals surface area contributed by atoms with Crippen LogP contribution in [-0.4, -0.2) is 56.4 Å². The summed E-state index contributed by atoms with van der Waals surface area (Å²) in [6.07, 6.45) is 9.11. The molecule has 7 heteroatoms. The van der Waals surface area contributed by atoms with Crippen LogP contribution in [0.15, 0.2) is 73.2 Å². The van der Waals surface area contributed by atoms with E-state index in [-0.39, 0.29) is 5.92 Å². The summed E-state index contributed by atoms with van der Waals surface area (Å²) in [4.78, 5) is 26.7. The number of nitrogens with two attached hydrogens (primary N) is 1. The SMILES string of the molecule is Nc1cnccc1CN1CCC(C(=O)N2CCC(n3c(-c4ccccn4)cc4ccccc43)CC2)CC1. The average Bonchev–Trinajstić information content (AvgIpc) is 3.35. The van der Waals surface area contributed by atoms with Crippen LogP contribution in [0.25, 0.3) is 22.3 Å². The summed E-state index contributed by atoms with van der Waals surface area (Å²) >= 11 is 0. The molecule has 2 aliphatic rings. The van der Waals surface area contributed by atoms with E-state index in [1.165, 1.54) is 10.9 Å². The van der Waals surface area contributed by atoms with Gasteiger partial charge in [0.1, 0.15) is 0 Å². The summed E-state index contributed by atoms with van der Waals surface area (Å²) in [7, 11) is 0. The predicted octanol–water partition coefficient (Wildman–Crippen LogP) is 4.76. The fourth-order valence-corrected chi connectivity index (χ4v) is 6.04. The Morgan fingerprint density at radius 2 is 1.70 bits per heavy atom. The number of hydrogen-bond acceptors (Lipinski definition) is 5. The van der Waals surface area contributed by atoms with Gasteiger partial charge in [-0.2, -0.15) is 0 Å². The molecule has 2 saturated heterocycles. The first-order valence-corrected chi connectivity index (χ1v) is 13.4. The van der Waals surface area contributed by atoms with Gasteiger partial charge >= 0.3 is 0 Å². The number of benzene rings is 1. The molecule has 2 fully saturated rings. The molecule has 0 unspecified atom stereocenters. The lowest BCUT2D eigenvalue weighted by Gasteiger charge is -2.38. The van der Waals surface area contributed by atoms with Gasteiger partial charge in [-0.1, -0.05) is 24.3 Å². The maximum absolute atomic E-state index is 13.4. The quantitative estimate of drug-likeness (QED) is 0.433. The van der Waals surface area contributed by atoms with Crippen molar-refractivity contribution >= 4 is 22.5 Å². The van der Waals surface area contributed by atoms with Gasteiger partial charge in [-0.25, -0.2) is 0 Å². The van der Waals surface area contributed by atoms with E-state index >= 15 is 0 Å². The summed E-state index contributed by atoms with van der Waals surface area (Å²) in [5.74, 6) is 0.461. The van der Waals surface area contributed by atoms with Gasteiger partial charge in [-0.05, 0) is 74.7 Å². The number of para-hydroxylation sites is 1. The second kappa shape index (κ2) is 10.3. The zero-order chi connectivity index (χ0) is 25.2. The summed E-state index contributed by atoms with van der Waals surface area (Å²) in [6.45, 7) is 4.30. The molecular weight excluding hydrogens is 460 g/mol. The molecule has 37 heavy (non-hydrogen) atoms. The minimum absolute atomic E-state index is 0.124. The Kier molecular flexibility index (Phi) is 6.62. The van der Waals surface area contributed by atoms with E-state index in [2.05, 4.69) is 60.7 Å². The van der Waals surface area contributed by atoms with Crippen LogP contribution in [0.5, 0.6) is 0 Å². The van der Waals surface area contributed by atoms with Gasteiger partial charge < -0.3 is 15.2 Å². The molecule has 1 aromatic carbocycles. The molecule has 3 aromatic heterocycles. The Morgan fingerprint density at radius 1 is 0.919 bits per heavy atom. The largest absolute Gasteiger partial charge is 0.397 e. The number of nitrogen functional groups attached to an aromatic ring is 1. The number of pyridine rings is 2. The van der Waals surface area contributed by atoms with Crippen LogP contribution in [-0.2, 0) is 11.3 Å². The topological polar surface area (TPSA) is 80.3 Å². The Morgan fingerprint density at radius 3 is 2.46 bits per heavy atom. The number of hydrogen-bond donors (Lipinski definition) is 1. The minimum Gasteiger partial charge on any atom is -0.397 e. The third-order valence-corrected chi connectivity index (χ3v) is 8.09. The van der Waals surface area contributed by atoms with Gasteiger partial charge in [0.15, 0.2) is 0 Å². The smallest absolute Gasteiger partial charge is 0.225 e. The fourth-order valence-electron chi connectivity index (χ4n) is 6.04. The standard InChI is InChI=1S/C30H34N6O/c31-26-20-32-14-8-24(26)21-34-15-9-22(10-16-34)30(37)35-17-11-25(12-18-35)36-28-7-2-1-5-23(28)19-29(36)27-6-3-4-13-33-27/h1-8,13-14,19-20,22,25H,9-12,15-18,21,31H2. The number of carbonyl (C=O) groups is 1. The third-order valence-electron chi connectivity index (χ3n) is 8.09. The summed E-state index contributed by atoms with van der Waals surface area (Å²) in [5, 5.41) is 1.24. The molecule has 2 N–H and O–H groups in total. The highest BCUT2D eigenvalue weighted by molar-refractivity contribution is 5.86. The van der Waals surface area contributed by atoms with Crippen LogP contribution in [0.3, 0.4) is 0 Å². The highest BCUT2D eigenvalue weighted by Gasteiger charge is 2.32. The highest BCUT2D eigenvalue weighted by atomic mass is 16.2. The molecule has 0 atom stereocenters. The molecule has 7 nitrogen and oxygen atoms in total. The lowest BCUT2D eigenvalue weighted by Crippen LogP contribution is -2.45. The Balaban J connectivity index is 1.10. The predicted molar refractivity (Wildman–Crippen MR) is 147 cm³/mol. The van der Waals surface area contributed by atoms with Crippen LogP contribution in [0.4, 0.5) is 5.69 Å². The van der Waals surface area contributed by atoms with Crippen molar-refractivity contribution in [1.82, 2.24) is 24.3 Å². The van der Waals surface area contributed by atoms with Crippen molar-refractivity contribution in [3.8, 4) is 11.4 Å². The first-order valence-electron chi connectivity index (χ1n) is 13.4. The number of likely N-dealkylation sites (tertiary alicyclic amines) is 2. The number of anilines is 1. The molecular formula is C30H34N6O. The number of nitrogens with zero attached hydrogens (tertiary/aromatic N) is 5. The van der Waals surface area contributed by atoms with E-state index in [4.69, 9.17) is 5.73 Å². The van der Waals surface area contributed by atoms with Crippen molar-refractivity contribution < 1.29 is 4.79 Å². The van der Waals surface area contributed by atoms with Gasteiger partial charge in [0.25, 0.3) is 0 Å². The third kappa shape index (κ3) is 4.83. The van der Waals surface area contributed by atoms with Crippen molar-refractivity contribution in [1.29, 1.82) is 0 Å². The fraction of sp³-hybridized carbons (Fsp3) is 0.367. The van der Waals surface area contributed by atoms with Crippen LogP contribution in [0.1, 0.15) is 37.3 Å². The average molecular weight is 495 g/mol. The zero-order valence-electron chi connectivity index (χ0n) is 21.2. The number of amides is 1. The molecule has 5 heterocycles. The van der Waals surface area contributed by atoms with Crippen molar-refractivity contribution in [3.63, 3.8) is 0 Å². The van der Waals surface area contributed by atoms with Crippen molar-refractivity contribution in [2.45, 2.75) is 38.3 Å². The van der Waals surface area contributed by atoms with Crippen molar-refractivity contribution in [2.24, 2.45) is 5.92 Å². The molecule has 0 radical (unpaired) electrons. The number of piperidine rings is 2. The second-order valence-electron chi connectivity index (χ2n) is 10.4. The molecule has 190 valence electrons. The monoisotopic (exact) mass is 494 g/mol. The molecule has 0 aliphatic carbocycles. The van der Waals surface area contributed by atoms with Gasteiger partial charge in [0.2, 0.25) is 5.91 Å². The van der Waals surface area contributed by atoms with Crippen LogP contribution < -0.4 is 5.73 Å². The zero-order valence-corrected chi connectivity index (χ0v) is 21.2. The minimum atomic E-state index is 0.124. The maximum Gasteiger partial charge on any atom is 0.225 e. The van der Waals surface area contributed by atoms with E-state index in [0.717, 1.165) is 81.0 Å². The Labute approximate surface area is 217 Å². The lowest BCUT2D eigenvalue weighted by atomic mass is 9.93. The molecule has 6 rings (SSSR count). The first kappa shape index (κ1) is 23.7. The van der Waals surface area contributed by atoms with E-state index in [9.17, 15) is 4.79 Å².